The fourth-order valence-electron chi connectivity index (χ4n) is 1.41. The summed E-state index contributed by atoms with van der Waals surface area (Å²) in [7, 11) is -2.33. The maximum absolute atomic E-state index is 13.6. The zero-order valence-corrected chi connectivity index (χ0v) is 13.3. The largest absolute Gasteiger partial charge is 0.316 e. The summed E-state index contributed by atoms with van der Waals surface area (Å²) in [5, 5.41) is 13.6. The van der Waals surface area contributed by atoms with Crippen LogP contribution in [-0.2, 0) is 10.0 Å². The number of halogens is 2. The van der Waals surface area contributed by atoms with Gasteiger partial charge in [-0.1, -0.05) is 0 Å². The molecule has 120 valence electrons. The van der Waals surface area contributed by atoms with Crippen LogP contribution in [0.1, 0.15) is 12.5 Å². The Hall–Kier alpha value is -1.29. The predicted molar refractivity (Wildman–Crippen MR) is 78.7 cm³/mol. The zero-order chi connectivity index (χ0) is 15.5. The molecule has 1 unspecified atom stereocenters. The van der Waals surface area contributed by atoms with Gasteiger partial charge in [0.1, 0.15) is 5.82 Å². The standard InChI is InChI=1S/C11H16FN3O4S.ClH/c1-7(13-3)6-14-20(18,19)9-4-10(12)8(2)11(5-9)15(16)17;/h4-5,7,13-14H,6H2,1-3H3;1H. The molecule has 1 rings (SSSR count). The summed E-state index contributed by atoms with van der Waals surface area (Å²) >= 11 is 0. The fourth-order valence-corrected chi connectivity index (χ4v) is 2.57. The number of nitro benzene ring substituents is 1. The Bertz CT molecular complexity index is 624. The van der Waals surface area contributed by atoms with E-state index in [4.69, 9.17) is 0 Å². The van der Waals surface area contributed by atoms with Gasteiger partial charge in [-0.2, -0.15) is 0 Å². The van der Waals surface area contributed by atoms with Crippen LogP contribution >= 0.6 is 12.4 Å². The van der Waals surface area contributed by atoms with Crippen LogP contribution in [0, 0.1) is 22.9 Å². The molecule has 1 aromatic rings. The first-order valence-corrected chi connectivity index (χ1v) is 7.29. The van der Waals surface area contributed by atoms with Gasteiger partial charge in [0.15, 0.2) is 0 Å². The van der Waals surface area contributed by atoms with Gasteiger partial charge >= 0.3 is 0 Å². The monoisotopic (exact) mass is 341 g/mol. The Balaban J connectivity index is 0.00000400. The molecule has 0 heterocycles. The average molecular weight is 342 g/mol. The second-order valence-corrected chi connectivity index (χ2v) is 6.11. The van der Waals surface area contributed by atoms with Crippen LogP contribution in [0.15, 0.2) is 17.0 Å². The normalized spacial score (nSPS) is 12.6. The van der Waals surface area contributed by atoms with Crippen molar-refractivity contribution >= 4 is 28.1 Å². The van der Waals surface area contributed by atoms with E-state index < -0.39 is 31.3 Å². The van der Waals surface area contributed by atoms with Crippen molar-refractivity contribution in [1.29, 1.82) is 0 Å². The van der Waals surface area contributed by atoms with Crippen molar-refractivity contribution in [3.8, 4) is 0 Å². The van der Waals surface area contributed by atoms with Crippen LogP contribution in [0.3, 0.4) is 0 Å². The van der Waals surface area contributed by atoms with Gasteiger partial charge in [-0.15, -0.1) is 12.4 Å². The number of nitro groups is 1. The number of sulfonamides is 1. The highest BCUT2D eigenvalue weighted by molar-refractivity contribution is 7.89. The van der Waals surface area contributed by atoms with Crippen molar-refractivity contribution < 1.29 is 17.7 Å². The third kappa shape index (κ3) is 4.88. The van der Waals surface area contributed by atoms with E-state index in [9.17, 15) is 22.9 Å². The lowest BCUT2D eigenvalue weighted by Crippen LogP contribution is -2.37. The van der Waals surface area contributed by atoms with Crippen molar-refractivity contribution in [3.05, 3.63) is 33.6 Å². The summed E-state index contributed by atoms with van der Waals surface area (Å²) in [4.78, 5) is 9.50. The Morgan fingerprint density at radius 2 is 2.00 bits per heavy atom. The summed E-state index contributed by atoms with van der Waals surface area (Å²) in [5.41, 5.74) is -0.760. The van der Waals surface area contributed by atoms with Crippen LogP contribution in [0.4, 0.5) is 10.1 Å². The fraction of sp³-hybridized carbons (Fsp3) is 0.455. The van der Waals surface area contributed by atoms with Crippen molar-refractivity contribution in [2.75, 3.05) is 13.6 Å². The van der Waals surface area contributed by atoms with E-state index in [2.05, 4.69) is 10.0 Å². The van der Waals surface area contributed by atoms with Gasteiger partial charge in [0.25, 0.3) is 5.69 Å². The molecule has 0 bridgehead atoms. The molecule has 10 heteroatoms. The van der Waals surface area contributed by atoms with Crippen LogP contribution in [0.5, 0.6) is 0 Å². The van der Waals surface area contributed by atoms with E-state index in [0.29, 0.717) is 0 Å². The summed E-state index contributed by atoms with van der Waals surface area (Å²) < 4.78 is 39.8. The molecule has 0 radical (unpaired) electrons. The van der Waals surface area contributed by atoms with Crippen LogP contribution in [-0.4, -0.2) is 33.0 Å². The number of nitrogens with one attached hydrogen (secondary N) is 2. The molecular formula is C11H17ClFN3O4S. The molecule has 0 saturated carbocycles. The van der Waals surface area contributed by atoms with Crippen LogP contribution in [0.2, 0.25) is 0 Å². The zero-order valence-electron chi connectivity index (χ0n) is 11.7. The maximum Gasteiger partial charge on any atom is 0.276 e. The van der Waals surface area contributed by atoms with Gasteiger partial charge in [-0.05, 0) is 27.0 Å². The Morgan fingerprint density at radius 3 is 2.48 bits per heavy atom. The minimum absolute atomic E-state index is 0. The highest BCUT2D eigenvalue weighted by Gasteiger charge is 2.23. The van der Waals surface area contributed by atoms with Gasteiger partial charge < -0.3 is 5.32 Å². The SMILES string of the molecule is CNC(C)CNS(=O)(=O)c1cc(F)c(C)c([N+](=O)[O-])c1.Cl. The molecule has 1 aromatic carbocycles. The molecule has 0 aromatic heterocycles. The third-order valence-electron chi connectivity index (χ3n) is 2.87. The van der Waals surface area contributed by atoms with E-state index in [1.165, 1.54) is 6.92 Å². The Kier molecular flexibility index (Phi) is 7.17. The number of nitrogens with zero attached hydrogens (tertiary/aromatic N) is 1. The van der Waals surface area contributed by atoms with E-state index in [1.54, 1.807) is 14.0 Å². The molecule has 0 amide bonds. The quantitative estimate of drug-likeness (QED) is 0.600. The lowest BCUT2D eigenvalue weighted by molar-refractivity contribution is -0.385. The van der Waals surface area contributed by atoms with Crippen molar-refractivity contribution in [1.82, 2.24) is 10.0 Å². The van der Waals surface area contributed by atoms with Gasteiger partial charge in [-0.3, -0.25) is 10.1 Å². The first-order chi connectivity index (χ1) is 9.19. The van der Waals surface area contributed by atoms with Crippen molar-refractivity contribution in [2.24, 2.45) is 0 Å². The number of rotatable bonds is 6. The molecule has 2 N–H and O–H groups in total. The molecular weight excluding hydrogens is 325 g/mol. The average Bonchev–Trinajstić information content (AvgIpc) is 2.38. The molecule has 0 fully saturated rings. The minimum atomic E-state index is -4.00. The molecule has 0 aliphatic rings. The first-order valence-electron chi connectivity index (χ1n) is 5.80. The van der Waals surface area contributed by atoms with Crippen LogP contribution < -0.4 is 10.0 Å². The van der Waals surface area contributed by atoms with Crippen LogP contribution in [0.25, 0.3) is 0 Å². The first kappa shape index (κ1) is 19.7. The predicted octanol–water partition coefficient (Wildman–Crippen LogP) is 1.35. The number of hydrogen-bond donors (Lipinski definition) is 2. The smallest absolute Gasteiger partial charge is 0.276 e. The topological polar surface area (TPSA) is 101 Å². The number of benzene rings is 1. The van der Waals surface area contributed by atoms with Gasteiger partial charge in [-0.25, -0.2) is 17.5 Å². The Labute approximate surface area is 128 Å². The summed E-state index contributed by atoms with van der Waals surface area (Å²) in [5.74, 6) is -0.929. The van der Waals surface area contributed by atoms with E-state index >= 15 is 0 Å². The molecule has 0 aliphatic heterocycles. The molecule has 0 aliphatic carbocycles. The second-order valence-electron chi connectivity index (χ2n) is 4.35. The maximum atomic E-state index is 13.6. The van der Waals surface area contributed by atoms with Crippen molar-refractivity contribution in [3.63, 3.8) is 0 Å². The highest BCUT2D eigenvalue weighted by Crippen LogP contribution is 2.25. The van der Waals surface area contributed by atoms with Crippen molar-refractivity contribution in [2.45, 2.75) is 24.8 Å². The second kappa shape index (κ2) is 7.64. The Morgan fingerprint density at radius 1 is 1.43 bits per heavy atom. The summed E-state index contributed by atoms with van der Waals surface area (Å²) in [6.45, 7) is 3.06. The number of hydrogen-bond acceptors (Lipinski definition) is 5. The van der Waals surface area contributed by atoms with Gasteiger partial charge in [0.2, 0.25) is 10.0 Å². The third-order valence-corrected chi connectivity index (χ3v) is 4.27. The van der Waals surface area contributed by atoms with Gasteiger partial charge in [0, 0.05) is 18.7 Å². The lowest BCUT2D eigenvalue weighted by atomic mass is 10.2. The highest BCUT2D eigenvalue weighted by atomic mass is 35.5. The molecule has 1 atom stereocenters. The molecule has 0 spiro atoms. The molecule has 21 heavy (non-hydrogen) atoms. The summed E-state index contributed by atoms with van der Waals surface area (Å²) in [6, 6.07) is 1.49. The summed E-state index contributed by atoms with van der Waals surface area (Å²) in [6.07, 6.45) is 0. The van der Waals surface area contributed by atoms with E-state index in [0.717, 1.165) is 12.1 Å². The molecule has 0 saturated heterocycles. The minimum Gasteiger partial charge on any atom is -0.316 e. The van der Waals surface area contributed by atoms with Gasteiger partial charge in [0.05, 0.1) is 15.4 Å². The number of likely N-dealkylation sites (N-methyl/N-ethyl adjacent to an activating group) is 1. The van der Waals surface area contributed by atoms with E-state index in [1.807, 2.05) is 0 Å². The molecule has 7 nitrogen and oxygen atoms in total. The lowest BCUT2D eigenvalue weighted by Gasteiger charge is -2.12. The van der Waals surface area contributed by atoms with E-state index in [-0.39, 0.29) is 30.6 Å².